The SMILES string of the molecule is COCc1cccc(NS(=O)(=O)c2ccc(OC)c(I)c2)c1. The van der Waals surface area contributed by atoms with Crippen LogP contribution in [0.4, 0.5) is 5.69 Å². The van der Waals surface area contributed by atoms with Crippen molar-refractivity contribution < 1.29 is 17.9 Å². The minimum absolute atomic E-state index is 0.190. The molecule has 0 amide bonds. The zero-order valence-electron chi connectivity index (χ0n) is 12.2. The number of rotatable bonds is 6. The van der Waals surface area contributed by atoms with E-state index in [0.717, 1.165) is 9.13 Å². The molecule has 0 fully saturated rings. The molecule has 5 nitrogen and oxygen atoms in total. The van der Waals surface area contributed by atoms with Crippen molar-refractivity contribution >= 4 is 38.3 Å². The van der Waals surface area contributed by atoms with Gasteiger partial charge >= 0.3 is 0 Å². The number of ether oxygens (including phenoxy) is 2. The quantitative estimate of drug-likeness (QED) is 0.711. The third-order valence-corrected chi connectivity index (χ3v) is 5.15. The topological polar surface area (TPSA) is 64.6 Å². The molecule has 0 bridgehead atoms. The van der Waals surface area contributed by atoms with Gasteiger partial charge in [0.2, 0.25) is 0 Å². The molecular weight excluding hydrogens is 417 g/mol. The van der Waals surface area contributed by atoms with Gasteiger partial charge in [-0.3, -0.25) is 4.72 Å². The van der Waals surface area contributed by atoms with Gasteiger partial charge in [0.05, 0.1) is 22.2 Å². The van der Waals surface area contributed by atoms with Crippen LogP contribution in [0, 0.1) is 3.57 Å². The lowest BCUT2D eigenvalue weighted by Crippen LogP contribution is -2.13. The van der Waals surface area contributed by atoms with Crippen molar-refractivity contribution in [1.82, 2.24) is 0 Å². The molecule has 2 rings (SSSR count). The Morgan fingerprint density at radius 3 is 2.55 bits per heavy atom. The second-order valence-corrected chi connectivity index (χ2v) is 7.38. The van der Waals surface area contributed by atoms with Crippen molar-refractivity contribution in [2.75, 3.05) is 18.9 Å². The maximum atomic E-state index is 12.4. The number of hydrogen-bond acceptors (Lipinski definition) is 4. The highest BCUT2D eigenvalue weighted by Gasteiger charge is 2.16. The van der Waals surface area contributed by atoms with Gasteiger partial charge in [-0.15, -0.1) is 0 Å². The summed E-state index contributed by atoms with van der Waals surface area (Å²) in [5, 5.41) is 0. The third-order valence-electron chi connectivity index (χ3n) is 2.92. The van der Waals surface area contributed by atoms with Gasteiger partial charge in [-0.2, -0.15) is 0 Å². The highest BCUT2D eigenvalue weighted by Crippen LogP contribution is 2.25. The summed E-state index contributed by atoms with van der Waals surface area (Å²) >= 11 is 2.04. The van der Waals surface area contributed by atoms with Crippen LogP contribution in [0.25, 0.3) is 0 Å². The molecule has 0 aliphatic rings. The Morgan fingerprint density at radius 2 is 1.91 bits per heavy atom. The molecule has 0 aliphatic heterocycles. The number of halogens is 1. The van der Waals surface area contributed by atoms with Crippen LogP contribution in [-0.2, 0) is 21.4 Å². The summed E-state index contributed by atoms with van der Waals surface area (Å²) in [6.45, 7) is 0.427. The first-order chi connectivity index (χ1) is 10.5. The first-order valence-corrected chi connectivity index (χ1v) is 8.96. The number of methoxy groups -OCH3 is 2. The molecule has 1 N–H and O–H groups in total. The lowest BCUT2D eigenvalue weighted by Gasteiger charge is -2.11. The second-order valence-electron chi connectivity index (χ2n) is 4.54. The molecule has 2 aromatic carbocycles. The molecule has 0 unspecified atom stereocenters. The van der Waals surface area contributed by atoms with Gasteiger partial charge in [0.15, 0.2) is 0 Å². The van der Waals surface area contributed by atoms with E-state index in [1.807, 2.05) is 28.7 Å². The van der Waals surface area contributed by atoms with Crippen molar-refractivity contribution in [1.29, 1.82) is 0 Å². The summed E-state index contributed by atoms with van der Waals surface area (Å²) in [6, 6.07) is 11.8. The average molecular weight is 433 g/mol. The number of benzene rings is 2. The molecule has 0 spiro atoms. The van der Waals surface area contributed by atoms with Gasteiger partial charge < -0.3 is 9.47 Å². The lowest BCUT2D eigenvalue weighted by atomic mass is 10.2. The number of anilines is 1. The van der Waals surface area contributed by atoms with Crippen LogP contribution in [0.3, 0.4) is 0 Å². The predicted octanol–water partition coefficient (Wildman–Crippen LogP) is 3.25. The fourth-order valence-electron chi connectivity index (χ4n) is 1.92. The minimum Gasteiger partial charge on any atom is -0.496 e. The van der Waals surface area contributed by atoms with E-state index in [4.69, 9.17) is 9.47 Å². The Kier molecular flexibility index (Phi) is 5.65. The zero-order chi connectivity index (χ0) is 16.2. The number of nitrogens with one attached hydrogen (secondary N) is 1. The van der Waals surface area contributed by atoms with Crippen LogP contribution in [-0.4, -0.2) is 22.6 Å². The summed E-state index contributed by atoms with van der Waals surface area (Å²) < 4.78 is 38.4. The van der Waals surface area contributed by atoms with Crippen molar-refractivity contribution in [2.45, 2.75) is 11.5 Å². The van der Waals surface area contributed by atoms with Gasteiger partial charge in [0.25, 0.3) is 10.0 Å². The van der Waals surface area contributed by atoms with Crippen LogP contribution < -0.4 is 9.46 Å². The van der Waals surface area contributed by atoms with Gasteiger partial charge in [-0.1, -0.05) is 12.1 Å². The molecule has 7 heteroatoms. The summed E-state index contributed by atoms with van der Waals surface area (Å²) in [5.74, 6) is 0.640. The highest BCUT2D eigenvalue weighted by molar-refractivity contribution is 14.1. The minimum atomic E-state index is -3.64. The summed E-state index contributed by atoms with van der Waals surface area (Å²) in [4.78, 5) is 0.190. The summed E-state index contributed by atoms with van der Waals surface area (Å²) in [6.07, 6.45) is 0. The lowest BCUT2D eigenvalue weighted by molar-refractivity contribution is 0.185. The monoisotopic (exact) mass is 433 g/mol. The Labute approximate surface area is 143 Å². The number of sulfonamides is 1. The van der Waals surface area contributed by atoms with Crippen molar-refractivity contribution in [2.24, 2.45) is 0 Å². The first-order valence-electron chi connectivity index (χ1n) is 6.40. The van der Waals surface area contributed by atoms with Gasteiger partial charge in [-0.05, 0) is 58.5 Å². The van der Waals surface area contributed by atoms with E-state index in [-0.39, 0.29) is 4.90 Å². The van der Waals surface area contributed by atoms with Crippen LogP contribution in [0.1, 0.15) is 5.56 Å². The smallest absolute Gasteiger partial charge is 0.261 e. The van der Waals surface area contributed by atoms with Crippen LogP contribution in [0.2, 0.25) is 0 Å². The molecular formula is C15H16INO4S. The van der Waals surface area contributed by atoms with Crippen LogP contribution in [0.15, 0.2) is 47.4 Å². The second kappa shape index (κ2) is 7.30. The largest absolute Gasteiger partial charge is 0.496 e. The molecule has 0 atom stereocenters. The predicted molar refractivity (Wildman–Crippen MR) is 93.7 cm³/mol. The first kappa shape index (κ1) is 17.0. The van der Waals surface area contributed by atoms with E-state index in [1.54, 1.807) is 44.6 Å². The van der Waals surface area contributed by atoms with Crippen molar-refractivity contribution in [3.05, 3.63) is 51.6 Å². The Morgan fingerprint density at radius 1 is 1.14 bits per heavy atom. The fourth-order valence-corrected chi connectivity index (χ4v) is 3.94. The summed E-state index contributed by atoms with van der Waals surface area (Å²) in [5.41, 5.74) is 1.40. The van der Waals surface area contributed by atoms with Crippen LogP contribution in [0.5, 0.6) is 5.75 Å². The maximum absolute atomic E-state index is 12.4. The molecule has 0 aromatic heterocycles. The Balaban J connectivity index is 2.27. The average Bonchev–Trinajstić information content (AvgIpc) is 2.47. The standard InChI is InChI=1S/C15H16INO4S/c1-20-10-11-4-3-5-12(8-11)17-22(18,19)13-6-7-15(21-2)14(16)9-13/h3-9,17H,10H2,1-2H3. The van der Waals surface area contributed by atoms with E-state index in [2.05, 4.69) is 4.72 Å². The Hall–Kier alpha value is -1.32. The molecule has 2 aromatic rings. The van der Waals surface area contributed by atoms with Gasteiger partial charge in [-0.25, -0.2) is 8.42 Å². The van der Waals surface area contributed by atoms with E-state index in [0.29, 0.717) is 18.0 Å². The molecule has 22 heavy (non-hydrogen) atoms. The third kappa shape index (κ3) is 4.11. The normalized spacial score (nSPS) is 11.2. The molecule has 0 radical (unpaired) electrons. The maximum Gasteiger partial charge on any atom is 0.261 e. The van der Waals surface area contributed by atoms with E-state index in [1.165, 1.54) is 6.07 Å². The number of hydrogen-bond donors (Lipinski definition) is 1. The van der Waals surface area contributed by atoms with E-state index >= 15 is 0 Å². The summed E-state index contributed by atoms with van der Waals surface area (Å²) in [7, 11) is -0.503. The van der Waals surface area contributed by atoms with Crippen molar-refractivity contribution in [3.8, 4) is 5.75 Å². The van der Waals surface area contributed by atoms with E-state index < -0.39 is 10.0 Å². The molecule has 0 heterocycles. The fraction of sp³-hybridized carbons (Fsp3) is 0.200. The van der Waals surface area contributed by atoms with Crippen LogP contribution >= 0.6 is 22.6 Å². The van der Waals surface area contributed by atoms with E-state index in [9.17, 15) is 8.42 Å². The van der Waals surface area contributed by atoms with Crippen molar-refractivity contribution in [3.63, 3.8) is 0 Å². The molecule has 118 valence electrons. The Bertz CT molecular complexity index is 762. The molecule has 0 saturated heterocycles. The molecule has 0 saturated carbocycles. The zero-order valence-corrected chi connectivity index (χ0v) is 15.1. The highest BCUT2D eigenvalue weighted by atomic mass is 127. The van der Waals surface area contributed by atoms with Gasteiger partial charge in [0, 0.05) is 12.8 Å². The molecule has 0 aliphatic carbocycles. The van der Waals surface area contributed by atoms with Gasteiger partial charge in [0.1, 0.15) is 5.75 Å².